The molecule has 0 spiro atoms. The maximum atomic E-state index is 12.7. The molecule has 0 fully saturated rings. The lowest BCUT2D eigenvalue weighted by molar-refractivity contribution is 0.103. The zero-order valence-corrected chi connectivity index (χ0v) is 13.9. The molecule has 2 aromatic carbocycles. The SMILES string of the molecule is O=C(c1ccc2c(c1)CCC2)c1c(Cl)cc(Cl)c(Cl)c1Cl. The van der Waals surface area contributed by atoms with Gasteiger partial charge in [0.05, 0.1) is 25.7 Å². The Balaban J connectivity index is 2.09. The fourth-order valence-electron chi connectivity index (χ4n) is 2.63. The number of hydrogen-bond donors (Lipinski definition) is 0. The Morgan fingerprint density at radius 3 is 2.33 bits per heavy atom. The van der Waals surface area contributed by atoms with E-state index >= 15 is 0 Å². The monoisotopic (exact) mass is 358 g/mol. The zero-order chi connectivity index (χ0) is 15.1. The molecule has 0 N–H and O–H groups in total. The quantitative estimate of drug-likeness (QED) is 0.364. The van der Waals surface area contributed by atoms with Crippen LogP contribution < -0.4 is 0 Å². The topological polar surface area (TPSA) is 17.1 Å². The first kappa shape index (κ1) is 15.2. The van der Waals surface area contributed by atoms with Crippen molar-refractivity contribution >= 4 is 52.2 Å². The van der Waals surface area contributed by atoms with Gasteiger partial charge in [0.15, 0.2) is 5.78 Å². The number of fused-ring (bicyclic) bond motifs is 1. The molecule has 0 amide bonds. The molecule has 0 radical (unpaired) electrons. The molecule has 5 heteroatoms. The average molecular weight is 360 g/mol. The van der Waals surface area contributed by atoms with E-state index in [1.807, 2.05) is 18.2 Å². The van der Waals surface area contributed by atoms with Gasteiger partial charge in [0.25, 0.3) is 0 Å². The highest BCUT2D eigenvalue weighted by Crippen LogP contribution is 2.38. The molecule has 0 aliphatic heterocycles. The predicted molar refractivity (Wildman–Crippen MR) is 88.4 cm³/mol. The Morgan fingerprint density at radius 2 is 1.57 bits per heavy atom. The van der Waals surface area contributed by atoms with Crippen molar-refractivity contribution in [3.63, 3.8) is 0 Å². The number of carbonyl (C=O) groups excluding carboxylic acids is 1. The van der Waals surface area contributed by atoms with Crippen LogP contribution in [0.4, 0.5) is 0 Å². The first-order valence-corrected chi connectivity index (χ1v) is 7.99. The van der Waals surface area contributed by atoms with Crippen molar-refractivity contribution in [2.75, 3.05) is 0 Å². The maximum absolute atomic E-state index is 12.7. The van der Waals surface area contributed by atoms with E-state index in [1.165, 1.54) is 17.2 Å². The van der Waals surface area contributed by atoms with Crippen LogP contribution in [0.3, 0.4) is 0 Å². The first-order valence-electron chi connectivity index (χ1n) is 6.48. The van der Waals surface area contributed by atoms with Crippen molar-refractivity contribution in [2.45, 2.75) is 19.3 Å². The van der Waals surface area contributed by atoms with Crippen molar-refractivity contribution in [2.24, 2.45) is 0 Å². The second-order valence-electron chi connectivity index (χ2n) is 5.01. The summed E-state index contributed by atoms with van der Waals surface area (Å²) < 4.78 is 0. The van der Waals surface area contributed by atoms with E-state index in [2.05, 4.69) is 0 Å². The highest BCUT2D eigenvalue weighted by atomic mass is 35.5. The van der Waals surface area contributed by atoms with Gasteiger partial charge in [0.2, 0.25) is 0 Å². The van der Waals surface area contributed by atoms with E-state index in [1.54, 1.807) is 0 Å². The maximum Gasteiger partial charge on any atom is 0.196 e. The van der Waals surface area contributed by atoms with Crippen molar-refractivity contribution in [3.8, 4) is 0 Å². The summed E-state index contributed by atoms with van der Waals surface area (Å²) in [5.74, 6) is -0.238. The molecule has 2 aromatic rings. The molecule has 0 saturated heterocycles. The number of aryl methyl sites for hydroxylation is 2. The molecule has 0 atom stereocenters. The summed E-state index contributed by atoms with van der Waals surface area (Å²) in [7, 11) is 0. The van der Waals surface area contributed by atoms with Crippen LogP contribution in [0, 0.1) is 0 Å². The van der Waals surface area contributed by atoms with Crippen molar-refractivity contribution in [1.82, 2.24) is 0 Å². The third kappa shape index (κ3) is 2.68. The van der Waals surface area contributed by atoms with Gasteiger partial charge in [-0.25, -0.2) is 0 Å². The molecule has 0 aromatic heterocycles. The van der Waals surface area contributed by atoms with Gasteiger partial charge in [-0.15, -0.1) is 0 Å². The molecule has 108 valence electrons. The fraction of sp³-hybridized carbons (Fsp3) is 0.188. The molecule has 3 rings (SSSR count). The molecular weight excluding hydrogens is 350 g/mol. The molecule has 1 nitrogen and oxygen atoms in total. The minimum Gasteiger partial charge on any atom is -0.288 e. The number of carbonyl (C=O) groups is 1. The van der Waals surface area contributed by atoms with Crippen LogP contribution >= 0.6 is 46.4 Å². The van der Waals surface area contributed by atoms with Gasteiger partial charge in [-0.2, -0.15) is 0 Å². The normalized spacial score (nSPS) is 13.3. The van der Waals surface area contributed by atoms with Gasteiger partial charge in [0, 0.05) is 5.56 Å². The van der Waals surface area contributed by atoms with Crippen LogP contribution in [0.15, 0.2) is 24.3 Å². The number of rotatable bonds is 2. The van der Waals surface area contributed by atoms with Crippen molar-refractivity contribution in [1.29, 1.82) is 0 Å². The molecule has 0 bridgehead atoms. The smallest absolute Gasteiger partial charge is 0.196 e. The Morgan fingerprint density at radius 1 is 0.857 bits per heavy atom. The summed E-state index contributed by atoms with van der Waals surface area (Å²) in [6, 6.07) is 7.16. The van der Waals surface area contributed by atoms with E-state index in [4.69, 9.17) is 46.4 Å². The minimum absolute atomic E-state index is 0.0969. The summed E-state index contributed by atoms with van der Waals surface area (Å²) in [6.07, 6.45) is 3.19. The van der Waals surface area contributed by atoms with E-state index < -0.39 is 0 Å². The largest absolute Gasteiger partial charge is 0.288 e. The van der Waals surface area contributed by atoms with E-state index in [-0.39, 0.29) is 31.4 Å². The molecule has 1 aliphatic rings. The lowest BCUT2D eigenvalue weighted by Gasteiger charge is -2.10. The molecular formula is C16H10Cl4O. The van der Waals surface area contributed by atoms with Crippen LogP contribution in [0.25, 0.3) is 0 Å². The molecule has 0 saturated carbocycles. The fourth-order valence-corrected chi connectivity index (χ4v) is 3.72. The second-order valence-corrected chi connectivity index (χ2v) is 6.58. The van der Waals surface area contributed by atoms with Crippen LogP contribution in [-0.4, -0.2) is 5.78 Å². The van der Waals surface area contributed by atoms with E-state index in [0.29, 0.717) is 5.56 Å². The average Bonchev–Trinajstić information content (AvgIpc) is 2.92. The number of benzene rings is 2. The summed E-state index contributed by atoms with van der Waals surface area (Å²) >= 11 is 24.2. The highest BCUT2D eigenvalue weighted by molar-refractivity contribution is 6.51. The van der Waals surface area contributed by atoms with Crippen molar-refractivity contribution < 1.29 is 4.79 Å². The number of hydrogen-bond acceptors (Lipinski definition) is 1. The van der Waals surface area contributed by atoms with Gasteiger partial charge >= 0.3 is 0 Å². The summed E-state index contributed by atoms with van der Waals surface area (Å²) in [5.41, 5.74) is 3.29. The predicted octanol–water partition coefficient (Wildman–Crippen LogP) is 6.02. The Bertz CT molecular complexity index is 752. The summed E-state index contributed by atoms with van der Waals surface area (Å²) in [6.45, 7) is 0. The Labute approximate surface area is 142 Å². The standard InChI is InChI=1S/C16H10Cl4O/c17-11-7-12(18)14(19)15(20)13(11)16(21)10-5-4-8-2-1-3-9(8)6-10/h4-7H,1-3H2. The molecule has 0 unspecified atom stereocenters. The van der Waals surface area contributed by atoms with Gasteiger partial charge in [-0.05, 0) is 42.5 Å². The summed E-state index contributed by atoms with van der Waals surface area (Å²) in [4.78, 5) is 12.7. The van der Waals surface area contributed by atoms with Crippen LogP contribution in [0.1, 0.15) is 33.5 Å². The Kier molecular flexibility index (Phi) is 4.20. The minimum atomic E-state index is -0.238. The first-order chi connectivity index (χ1) is 9.99. The highest BCUT2D eigenvalue weighted by Gasteiger charge is 2.22. The van der Waals surface area contributed by atoms with Gasteiger partial charge in [-0.1, -0.05) is 58.5 Å². The van der Waals surface area contributed by atoms with Crippen molar-refractivity contribution in [3.05, 3.63) is 66.6 Å². The third-order valence-electron chi connectivity index (χ3n) is 3.70. The summed E-state index contributed by atoms with van der Waals surface area (Å²) in [5, 5.41) is 0.684. The lowest BCUT2D eigenvalue weighted by Crippen LogP contribution is -2.05. The van der Waals surface area contributed by atoms with Gasteiger partial charge in [-0.3, -0.25) is 4.79 Å². The number of halogens is 4. The van der Waals surface area contributed by atoms with E-state index in [9.17, 15) is 4.79 Å². The lowest BCUT2D eigenvalue weighted by atomic mass is 9.99. The van der Waals surface area contributed by atoms with Crippen LogP contribution in [-0.2, 0) is 12.8 Å². The van der Waals surface area contributed by atoms with Gasteiger partial charge in [0.1, 0.15) is 0 Å². The zero-order valence-electron chi connectivity index (χ0n) is 10.9. The Hall–Kier alpha value is -0.730. The molecule has 1 aliphatic carbocycles. The van der Waals surface area contributed by atoms with Crippen LogP contribution in [0.2, 0.25) is 20.1 Å². The molecule has 21 heavy (non-hydrogen) atoms. The van der Waals surface area contributed by atoms with Crippen LogP contribution in [0.5, 0.6) is 0 Å². The van der Waals surface area contributed by atoms with Gasteiger partial charge < -0.3 is 0 Å². The second kappa shape index (κ2) is 5.81. The number of ketones is 1. The van der Waals surface area contributed by atoms with E-state index in [0.717, 1.165) is 19.3 Å². The molecule has 0 heterocycles. The third-order valence-corrected chi connectivity index (χ3v) is 5.26.